The van der Waals surface area contributed by atoms with Crippen molar-refractivity contribution >= 4 is 49.4 Å². The van der Waals surface area contributed by atoms with E-state index in [0.29, 0.717) is 54.5 Å². The van der Waals surface area contributed by atoms with Crippen molar-refractivity contribution in [1.29, 1.82) is 0 Å². The van der Waals surface area contributed by atoms with Gasteiger partial charge in [0.1, 0.15) is 16.9 Å². The molecule has 3 fully saturated rings. The van der Waals surface area contributed by atoms with Crippen LogP contribution in [0, 0.1) is 5.82 Å². The average Bonchev–Trinajstić information content (AvgIpc) is 3.82. The summed E-state index contributed by atoms with van der Waals surface area (Å²) < 4.78 is 85.5. The third-order valence-electron chi connectivity index (χ3n) is 7.20. The summed E-state index contributed by atoms with van der Waals surface area (Å²) in [5.41, 5.74) is 0.383. The first kappa shape index (κ1) is 31.0. The number of aromatic nitrogens is 1. The number of hydrogen-bond donors (Lipinski definition) is 0. The van der Waals surface area contributed by atoms with E-state index in [1.165, 1.54) is 6.07 Å². The Kier molecular flexibility index (Phi) is 8.76. The van der Waals surface area contributed by atoms with Crippen molar-refractivity contribution in [3.63, 3.8) is 0 Å². The molecular weight excluding hydrogens is 674 g/mol. The van der Waals surface area contributed by atoms with Gasteiger partial charge in [0.25, 0.3) is 10.0 Å². The number of hydrogen-bond acceptors (Lipinski definition) is 8. The van der Waals surface area contributed by atoms with Crippen molar-refractivity contribution in [2.24, 2.45) is 0 Å². The number of piperidine rings is 1. The fourth-order valence-electron chi connectivity index (χ4n) is 4.71. The number of amides is 1. The first-order valence-electron chi connectivity index (χ1n) is 13.1. The number of carbonyl (C=O) groups excluding carboxylic acids is 2. The SMILES string of the molecule is O=C(c1cc(C2CC2)c(CN2CCC(Oc3ncc(Br)cc3Cl)CC2)cc1F)N(OC(=O)C(F)(F)F)S(=O)(=O)C1CC1. The summed E-state index contributed by atoms with van der Waals surface area (Å²) in [6.07, 6.45) is -1.21. The highest BCUT2D eigenvalue weighted by molar-refractivity contribution is 9.10. The Balaban J connectivity index is 1.32. The van der Waals surface area contributed by atoms with Crippen LogP contribution in [0.2, 0.25) is 5.02 Å². The van der Waals surface area contributed by atoms with E-state index in [1.807, 2.05) is 0 Å². The van der Waals surface area contributed by atoms with E-state index in [0.717, 1.165) is 23.4 Å². The maximum atomic E-state index is 15.4. The Morgan fingerprint density at radius 3 is 2.33 bits per heavy atom. The number of halogens is 6. The Labute approximate surface area is 252 Å². The van der Waals surface area contributed by atoms with E-state index < -0.39 is 49.2 Å². The fraction of sp³-hybridized carbons (Fsp3) is 0.500. The molecule has 9 nitrogen and oxygen atoms in total. The maximum Gasteiger partial charge on any atom is 0.493 e. The summed E-state index contributed by atoms with van der Waals surface area (Å²) in [6.45, 7) is 1.53. The number of pyridine rings is 1. The first-order valence-corrected chi connectivity index (χ1v) is 15.8. The lowest BCUT2D eigenvalue weighted by atomic mass is 9.97. The number of hydroxylamine groups is 1. The van der Waals surface area contributed by atoms with Crippen LogP contribution in [0.5, 0.6) is 5.88 Å². The molecule has 1 aromatic carbocycles. The van der Waals surface area contributed by atoms with Gasteiger partial charge in [0.05, 0.1) is 10.8 Å². The zero-order valence-corrected chi connectivity index (χ0v) is 25.0. The molecule has 5 rings (SSSR count). The van der Waals surface area contributed by atoms with E-state index in [2.05, 4.69) is 30.7 Å². The predicted molar refractivity (Wildman–Crippen MR) is 145 cm³/mol. The second kappa shape index (κ2) is 11.9. The number of likely N-dealkylation sites (tertiary alicyclic amines) is 1. The summed E-state index contributed by atoms with van der Waals surface area (Å²) in [5.74, 6) is -5.42. The maximum absolute atomic E-state index is 15.4. The van der Waals surface area contributed by atoms with Gasteiger partial charge < -0.3 is 9.57 Å². The van der Waals surface area contributed by atoms with Gasteiger partial charge in [-0.25, -0.2) is 22.6 Å². The number of carbonyl (C=O) groups is 2. The second-order valence-corrected chi connectivity index (χ2v) is 13.8. The van der Waals surface area contributed by atoms with Gasteiger partial charge in [-0.3, -0.25) is 9.69 Å². The van der Waals surface area contributed by atoms with Crippen LogP contribution in [-0.2, 0) is 26.2 Å². The molecule has 0 atom stereocenters. The van der Waals surface area contributed by atoms with Gasteiger partial charge >= 0.3 is 18.1 Å². The van der Waals surface area contributed by atoms with Crippen molar-refractivity contribution in [3.8, 4) is 5.88 Å². The summed E-state index contributed by atoms with van der Waals surface area (Å²) >= 11 is 9.49. The molecule has 228 valence electrons. The van der Waals surface area contributed by atoms with Crippen molar-refractivity contribution < 1.29 is 45.1 Å². The lowest BCUT2D eigenvalue weighted by Crippen LogP contribution is -2.44. The number of benzene rings is 1. The van der Waals surface area contributed by atoms with Crippen molar-refractivity contribution in [1.82, 2.24) is 14.4 Å². The number of rotatable bonds is 8. The molecule has 42 heavy (non-hydrogen) atoms. The predicted octanol–water partition coefficient (Wildman–Crippen LogP) is 5.51. The molecule has 0 unspecified atom stereocenters. The average molecular weight is 699 g/mol. The highest BCUT2D eigenvalue weighted by atomic mass is 79.9. The number of nitrogens with zero attached hydrogens (tertiary/aromatic N) is 3. The molecule has 2 saturated carbocycles. The van der Waals surface area contributed by atoms with Gasteiger partial charge in [-0.2, -0.15) is 13.2 Å². The van der Waals surface area contributed by atoms with Gasteiger partial charge in [-0.1, -0.05) is 16.1 Å². The Morgan fingerprint density at radius 1 is 1.10 bits per heavy atom. The summed E-state index contributed by atoms with van der Waals surface area (Å²) in [4.78, 5) is 34.9. The number of sulfonamides is 1. The van der Waals surface area contributed by atoms with Crippen LogP contribution in [-0.4, -0.2) is 65.3 Å². The Hall–Kier alpha value is -2.49. The van der Waals surface area contributed by atoms with Gasteiger partial charge in [0.2, 0.25) is 5.88 Å². The molecule has 1 aromatic heterocycles. The zero-order valence-electron chi connectivity index (χ0n) is 21.9. The quantitative estimate of drug-likeness (QED) is 0.263. The smallest absolute Gasteiger partial charge is 0.473 e. The minimum atomic E-state index is -5.57. The molecular formula is C26H25BrClF4N3O6S. The lowest BCUT2D eigenvalue weighted by Gasteiger charge is -2.32. The molecule has 0 bridgehead atoms. The number of alkyl halides is 3. The minimum Gasteiger partial charge on any atom is -0.473 e. The molecule has 1 saturated heterocycles. The molecule has 3 aliphatic rings. The molecule has 1 amide bonds. The fourth-order valence-corrected chi connectivity index (χ4v) is 6.89. The van der Waals surface area contributed by atoms with E-state index in [1.54, 1.807) is 12.3 Å². The van der Waals surface area contributed by atoms with Gasteiger partial charge in [-0.15, -0.1) is 0 Å². The van der Waals surface area contributed by atoms with Gasteiger partial charge in [-0.05, 0) is 89.7 Å². The van der Waals surface area contributed by atoms with E-state index in [9.17, 15) is 31.2 Å². The topological polar surface area (TPSA) is 106 Å². The van der Waals surface area contributed by atoms with E-state index in [-0.39, 0.29) is 24.9 Å². The van der Waals surface area contributed by atoms with Crippen LogP contribution in [0.1, 0.15) is 65.9 Å². The Bertz CT molecular complexity index is 1500. The third-order valence-corrected chi connectivity index (χ3v) is 9.92. The van der Waals surface area contributed by atoms with E-state index in [4.69, 9.17) is 16.3 Å². The number of ether oxygens (including phenoxy) is 1. The van der Waals surface area contributed by atoms with Crippen molar-refractivity contribution in [2.45, 2.75) is 68.5 Å². The molecule has 1 aliphatic heterocycles. The highest BCUT2D eigenvalue weighted by Crippen LogP contribution is 2.43. The molecule has 0 spiro atoms. The van der Waals surface area contributed by atoms with Gasteiger partial charge in [0, 0.05) is 30.3 Å². The van der Waals surface area contributed by atoms with Crippen molar-refractivity contribution in [2.75, 3.05) is 13.1 Å². The zero-order chi connectivity index (χ0) is 30.4. The lowest BCUT2D eigenvalue weighted by molar-refractivity contribution is -0.217. The normalized spacial score (nSPS) is 18.5. The first-order chi connectivity index (χ1) is 19.7. The standard InChI is InChI=1S/C26H25BrClF4N3O6S/c27-16-10-21(28)23(33-12-16)40-17-5-7-34(8-6-17)13-15-9-22(29)20(11-19(15)14-1-2-14)24(36)35(41-25(37)26(30,31)32)42(38,39)18-3-4-18/h9-12,14,17-18H,1-8,13H2. The van der Waals surface area contributed by atoms with Gasteiger partial charge in [0.15, 0.2) is 0 Å². The van der Waals surface area contributed by atoms with Crippen LogP contribution >= 0.6 is 27.5 Å². The molecule has 2 heterocycles. The van der Waals surface area contributed by atoms with E-state index >= 15 is 4.39 Å². The van der Waals surface area contributed by atoms with Crippen LogP contribution in [0.3, 0.4) is 0 Å². The molecule has 16 heteroatoms. The van der Waals surface area contributed by atoms with Crippen LogP contribution < -0.4 is 4.74 Å². The largest absolute Gasteiger partial charge is 0.493 e. The molecule has 2 aromatic rings. The van der Waals surface area contributed by atoms with Crippen LogP contribution in [0.4, 0.5) is 17.6 Å². The van der Waals surface area contributed by atoms with Crippen molar-refractivity contribution in [3.05, 3.63) is 56.4 Å². The summed E-state index contributed by atoms with van der Waals surface area (Å²) in [5, 5.41) is -0.821. The highest BCUT2D eigenvalue weighted by Gasteiger charge is 2.50. The Morgan fingerprint density at radius 2 is 1.76 bits per heavy atom. The minimum absolute atomic E-state index is 0.0233. The van der Waals surface area contributed by atoms with Crippen LogP contribution in [0.25, 0.3) is 0 Å². The molecule has 2 aliphatic carbocycles. The third kappa shape index (κ3) is 7.00. The second-order valence-electron chi connectivity index (χ2n) is 10.5. The summed E-state index contributed by atoms with van der Waals surface area (Å²) in [7, 11) is -4.79. The molecule has 0 N–H and O–H groups in total. The van der Waals surface area contributed by atoms with Crippen LogP contribution in [0.15, 0.2) is 28.9 Å². The monoisotopic (exact) mass is 697 g/mol. The molecule has 0 radical (unpaired) electrons. The summed E-state index contributed by atoms with van der Waals surface area (Å²) in [6, 6.07) is 3.95.